The van der Waals surface area contributed by atoms with E-state index < -0.39 is 0 Å². The van der Waals surface area contributed by atoms with E-state index in [9.17, 15) is 0 Å². The lowest BCUT2D eigenvalue weighted by molar-refractivity contribution is 0.000582. The maximum atomic E-state index is 6.43. The molecule has 5 heteroatoms. The highest BCUT2D eigenvalue weighted by atomic mass is 15.4. The normalized spacial score (nSPS) is 33.9. The first-order chi connectivity index (χ1) is 8.29. The fraction of sp³-hybridized carbons (Fsp3) is 0.750. The van der Waals surface area contributed by atoms with Crippen molar-refractivity contribution in [2.45, 2.75) is 25.6 Å². The highest BCUT2D eigenvalue weighted by Gasteiger charge is 2.37. The van der Waals surface area contributed by atoms with Gasteiger partial charge in [0.05, 0.1) is 6.04 Å². The number of imidazole rings is 1. The molecule has 17 heavy (non-hydrogen) atoms. The van der Waals surface area contributed by atoms with Crippen LogP contribution in [0.3, 0.4) is 0 Å². The molecular weight excluding hydrogens is 214 g/mol. The number of nitrogens with two attached hydrogens (primary N) is 1. The molecule has 0 amide bonds. The average molecular weight is 235 g/mol. The Balaban J connectivity index is 1.80. The Labute approximate surface area is 102 Å². The van der Waals surface area contributed by atoms with E-state index in [0.29, 0.717) is 6.04 Å². The highest BCUT2D eigenvalue weighted by Crippen LogP contribution is 2.24. The van der Waals surface area contributed by atoms with Crippen LogP contribution in [0.1, 0.15) is 18.8 Å². The van der Waals surface area contributed by atoms with Gasteiger partial charge < -0.3 is 10.3 Å². The largest absolute Gasteiger partial charge is 0.334 e. The number of aryl methyl sites for hydroxylation is 1. The predicted molar refractivity (Wildman–Crippen MR) is 66.6 cm³/mol. The lowest BCUT2D eigenvalue weighted by atomic mass is 10.0. The summed E-state index contributed by atoms with van der Waals surface area (Å²) in [5.74, 6) is 1.03. The SMILES string of the molecule is CCn1ccnc1C(N)C1CN2CCN1CC2. The second kappa shape index (κ2) is 4.40. The Morgan fingerprint density at radius 2 is 2.18 bits per heavy atom. The number of nitrogens with zero attached hydrogens (tertiary/aromatic N) is 4. The molecule has 4 heterocycles. The van der Waals surface area contributed by atoms with Crippen LogP contribution in [0.4, 0.5) is 0 Å². The van der Waals surface area contributed by atoms with E-state index in [1.165, 1.54) is 13.1 Å². The molecule has 3 saturated heterocycles. The van der Waals surface area contributed by atoms with E-state index in [0.717, 1.165) is 32.0 Å². The molecule has 2 atom stereocenters. The Morgan fingerprint density at radius 3 is 2.76 bits per heavy atom. The van der Waals surface area contributed by atoms with Gasteiger partial charge in [-0.3, -0.25) is 9.80 Å². The Bertz CT molecular complexity index is 380. The minimum atomic E-state index is 0.0352. The number of fused-ring (bicyclic) bond motifs is 3. The summed E-state index contributed by atoms with van der Waals surface area (Å²) in [6.45, 7) is 8.89. The van der Waals surface area contributed by atoms with Crippen molar-refractivity contribution < 1.29 is 0 Å². The number of hydrogen-bond donors (Lipinski definition) is 1. The van der Waals surface area contributed by atoms with Crippen molar-refractivity contribution in [3.8, 4) is 0 Å². The molecule has 1 aromatic heterocycles. The first-order valence-electron chi connectivity index (χ1n) is 6.52. The summed E-state index contributed by atoms with van der Waals surface area (Å²) in [7, 11) is 0. The first-order valence-corrected chi connectivity index (χ1v) is 6.52. The highest BCUT2D eigenvalue weighted by molar-refractivity contribution is 5.06. The van der Waals surface area contributed by atoms with Crippen LogP contribution in [0, 0.1) is 0 Å². The molecule has 94 valence electrons. The third-order valence-corrected chi connectivity index (χ3v) is 4.12. The summed E-state index contributed by atoms with van der Waals surface area (Å²) in [5, 5.41) is 0. The number of piperazine rings is 3. The Morgan fingerprint density at radius 1 is 1.41 bits per heavy atom. The Kier molecular flexibility index (Phi) is 2.90. The summed E-state index contributed by atoms with van der Waals surface area (Å²) in [5.41, 5.74) is 6.43. The molecule has 0 aromatic carbocycles. The van der Waals surface area contributed by atoms with Gasteiger partial charge in [-0.1, -0.05) is 0 Å². The molecule has 2 unspecified atom stereocenters. The second-order valence-corrected chi connectivity index (χ2v) is 5.00. The van der Waals surface area contributed by atoms with Gasteiger partial charge >= 0.3 is 0 Å². The van der Waals surface area contributed by atoms with Crippen molar-refractivity contribution in [1.82, 2.24) is 19.4 Å². The van der Waals surface area contributed by atoms with Crippen molar-refractivity contribution in [2.24, 2.45) is 5.73 Å². The third-order valence-electron chi connectivity index (χ3n) is 4.12. The van der Waals surface area contributed by atoms with Crippen LogP contribution < -0.4 is 5.73 Å². The molecule has 2 N–H and O–H groups in total. The molecule has 0 radical (unpaired) electrons. The summed E-state index contributed by atoms with van der Waals surface area (Å²) in [6.07, 6.45) is 3.88. The summed E-state index contributed by atoms with van der Waals surface area (Å²) in [4.78, 5) is 9.48. The van der Waals surface area contributed by atoms with E-state index in [2.05, 4.69) is 26.3 Å². The van der Waals surface area contributed by atoms with E-state index in [4.69, 9.17) is 5.73 Å². The number of rotatable bonds is 3. The zero-order valence-corrected chi connectivity index (χ0v) is 10.4. The predicted octanol–water partition coefficient (Wildman–Crippen LogP) is -0.0974. The quantitative estimate of drug-likeness (QED) is 0.795. The van der Waals surface area contributed by atoms with Crippen molar-refractivity contribution in [3.05, 3.63) is 18.2 Å². The molecule has 3 aliphatic heterocycles. The van der Waals surface area contributed by atoms with Crippen molar-refractivity contribution in [3.63, 3.8) is 0 Å². The van der Waals surface area contributed by atoms with Gasteiger partial charge in [-0.15, -0.1) is 0 Å². The standard InChI is InChI=1S/C12H21N5/c1-2-16-4-3-14-12(16)11(13)10-9-15-5-7-17(10)8-6-15/h3-4,10-11H,2,5-9,13H2,1H3. The fourth-order valence-electron chi connectivity index (χ4n) is 3.06. The molecule has 0 spiro atoms. The fourth-order valence-corrected chi connectivity index (χ4v) is 3.06. The Hall–Kier alpha value is -0.910. The van der Waals surface area contributed by atoms with Crippen LogP contribution in [0.15, 0.2) is 12.4 Å². The topological polar surface area (TPSA) is 50.3 Å². The smallest absolute Gasteiger partial charge is 0.127 e. The minimum Gasteiger partial charge on any atom is -0.334 e. The zero-order valence-electron chi connectivity index (χ0n) is 10.4. The van der Waals surface area contributed by atoms with Crippen molar-refractivity contribution in [1.29, 1.82) is 0 Å². The summed E-state index contributed by atoms with van der Waals surface area (Å²) in [6, 6.07) is 0.471. The van der Waals surface area contributed by atoms with Crippen molar-refractivity contribution in [2.75, 3.05) is 32.7 Å². The van der Waals surface area contributed by atoms with Crippen LogP contribution >= 0.6 is 0 Å². The van der Waals surface area contributed by atoms with Gasteiger partial charge in [0.1, 0.15) is 5.82 Å². The molecule has 5 nitrogen and oxygen atoms in total. The summed E-state index contributed by atoms with van der Waals surface area (Å²) >= 11 is 0. The molecule has 3 fully saturated rings. The monoisotopic (exact) mass is 235 g/mol. The van der Waals surface area contributed by atoms with E-state index in [-0.39, 0.29) is 6.04 Å². The van der Waals surface area contributed by atoms with Gasteiger partial charge in [0, 0.05) is 57.7 Å². The van der Waals surface area contributed by atoms with E-state index in [1.807, 2.05) is 12.4 Å². The van der Waals surface area contributed by atoms with E-state index >= 15 is 0 Å². The van der Waals surface area contributed by atoms with E-state index in [1.54, 1.807) is 0 Å². The molecular formula is C12H21N5. The first kappa shape index (κ1) is 11.2. The van der Waals surface area contributed by atoms with Crippen LogP contribution in [-0.2, 0) is 6.54 Å². The average Bonchev–Trinajstić information content (AvgIpc) is 2.87. The van der Waals surface area contributed by atoms with Gasteiger partial charge in [-0.05, 0) is 6.92 Å². The van der Waals surface area contributed by atoms with Crippen LogP contribution in [0.25, 0.3) is 0 Å². The number of aromatic nitrogens is 2. The zero-order chi connectivity index (χ0) is 11.8. The van der Waals surface area contributed by atoms with Crippen LogP contribution in [0.2, 0.25) is 0 Å². The molecule has 4 rings (SSSR count). The lowest BCUT2D eigenvalue weighted by Crippen LogP contribution is -2.63. The maximum Gasteiger partial charge on any atom is 0.127 e. The van der Waals surface area contributed by atoms with Gasteiger partial charge in [0.25, 0.3) is 0 Å². The molecule has 0 aliphatic carbocycles. The van der Waals surface area contributed by atoms with Gasteiger partial charge in [0.2, 0.25) is 0 Å². The van der Waals surface area contributed by atoms with Gasteiger partial charge in [0.15, 0.2) is 0 Å². The molecule has 1 aromatic rings. The third kappa shape index (κ3) is 1.88. The second-order valence-electron chi connectivity index (χ2n) is 5.00. The molecule has 3 aliphatic rings. The maximum absolute atomic E-state index is 6.43. The van der Waals surface area contributed by atoms with Crippen LogP contribution in [-0.4, -0.2) is 58.1 Å². The molecule has 2 bridgehead atoms. The lowest BCUT2D eigenvalue weighted by Gasteiger charge is -2.49. The van der Waals surface area contributed by atoms with Crippen molar-refractivity contribution >= 4 is 0 Å². The van der Waals surface area contributed by atoms with Gasteiger partial charge in [-0.2, -0.15) is 0 Å². The molecule has 0 saturated carbocycles. The van der Waals surface area contributed by atoms with Crippen LogP contribution in [0.5, 0.6) is 0 Å². The number of hydrogen-bond acceptors (Lipinski definition) is 4. The minimum absolute atomic E-state index is 0.0352. The summed E-state index contributed by atoms with van der Waals surface area (Å²) < 4.78 is 2.16. The van der Waals surface area contributed by atoms with Gasteiger partial charge in [-0.25, -0.2) is 4.98 Å².